The highest BCUT2D eigenvalue weighted by atomic mass is 16.5. The molecule has 0 aromatic carbocycles. The molecule has 0 spiro atoms. The summed E-state index contributed by atoms with van der Waals surface area (Å²) in [6.07, 6.45) is 1.10. The topological polar surface area (TPSA) is 74.5 Å². The third kappa shape index (κ3) is 2.06. The maximum Gasteiger partial charge on any atom is 0.356 e. The summed E-state index contributed by atoms with van der Waals surface area (Å²) in [5.41, 5.74) is 0.494. The van der Waals surface area contributed by atoms with E-state index in [1.807, 2.05) is 6.07 Å². The molecule has 1 aliphatic rings. The van der Waals surface area contributed by atoms with Crippen LogP contribution in [0, 0.1) is 11.3 Å². The van der Waals surface area contributed by atoms with E-state index >= 15 is 0 Å². The van der Waals surface area contributed by atoms with Crippen molar-refractivity contribution in [2.24, 2.45) is 4.99 Å². The van der Waals surface area contributed by atoms with Gasteiger partial charge >= 0.3 is 5.97 Å². The van der Waals surface area contributed by atoms with Crippen molar-refractivity contribution in [3.8, 4) is 6.07 Å². The molecule has 0 aliphatic carbocycles. The summed E-state index contributed by atoms with van der Waals surface area (Å²) < 4.78 is 4.48. The van der Waals surface area contributed by atoms with Crippen molar-refractivity contribution in [3.05, 3.63) is 11.8 Å². The summed E-state index contributed by atoms with van der Waals surface area (Å²) in [5.74, 6) is -0.527. The summed E-state index contributed by atoms with van der Waals surface area (Å²) in [6, 6.07) is 1.90. The number of nitrogens with zero attached hydrogens (tertiary/aromatic N) is 2. The van der Waals surface area contributed by atoms with Crippen LogP contribution in [-0.2, 0) is 9.53 Å². The molecule has 0 aromatic rings. The zero-order valence-electron chi connectivity index (χ0n) is 7.37. The molecular formula is C8H9N3O2. The second-order valence-electron chi connectivity index (χ2n) is 2.50. The van der Waals surface area contributed by atoms with E-state index in [0.29, 0.717) is 5.70 Å². The molecule has 0 aromatic heterocycles. The van der Waals surface area contributed by atoms with E-state index in [1.165, 1.54) is 13.2 Å². The van der Waals surface area contributed by atoms with Crippen molar-refractivity contribution in [3.63, 3.8) is 0 Å². The first-order chi connectivity index (χ1) is 6.17. The van der Waals surface area contributed by atoms with Crippen molar-refractivity contribution in [2.45, 2.75) is 13.1 Å². The van der Waals surface area contributed by atoms with Gasteiger partial charge in [0.05, 0.1) is 7.11 Å². The fraction of sp³-hybridized carbons (Fsp3) is 0.375. The van der Waals surface area contributed by atoms with Gasteiger partial charge in [-0.3, -0.25) is 4.99 Å². The lowest BCUT2D eigenvalue weighted by atomic mass is 10.2. The lowest BCUT2D eigenvalue weighted by molar-refractivity contribution is -0.132. The van der Waals surface area contributed by atoms with Crippen LogP contribution in [0.1, 0.15) is 6.92 Å². The molecule has 1 heterocycles. The number of aliphatic imine (C=N–C) groups is 1. The third-order valence-electron chi connectivity index (χ3n) is 1.49. The number of ether oxygens (including phenoxy) is 1. The van der Waals surface area contributed by atoms with E-state index in [9.17, 15) is 4.79 Å². The maximum atomic E-state index is 11.0. The lowest BCUT2D eigenvalue weighted by Gasteiger charge is -2.15. The zero-order valence-corrected chi connectivity index (χ0v) is 7.37. The maximum absolute atomic E-state index is 11.0. The Morgan fingerprint density at radius 1 is 1.85 bits per heavy atom. The molecule has 1 N–H and O–H groups in total. The summed E-state index contributed by atoms with van der Waals surface area (Å²) in [6.45, 7) is 1.74. The van der Waals surface area contributed by atoms with Gasteiger partial charge in [-0.1, -0.05) is 0 Å². The number of carbonyl (C=O) groups is 1. The minimum Gasteiger partial charge on any atom is -0.464 e. The van der Waals surface area contributed by atoms with Crippen molar-refractivity contribution in [2.75, 3.05) is 7.11 Å². The van der Waals surface area contributed by atoms with Crippen molar-refractivity contribution < 1.29 is 9.53 Å². The Bertz CT molecular complexity index is 325. The van der Waals surface area contributed by atoms with Gasteiger partial charge in [0, 0.05) is 6.08 Å². The molecule has 1 aliphatic heterocycles. The lowest BCUT2D eigenvalue weighted by Crippen LogP contribution is -2.31. The monoisotopic (exact) mass is 179 g/mol. The fourth-order valence-corrected chi connectivity index (χ4v) is 0.962. The molecule has 1 unspecified atom stereocenters. The normalized spacial score (nSPS) is 20.5. The summed E-state index contributed by atoms with van der Waals surface area (Å²) in [4.78, 5) is 15.0. The Morgan fingerprint density at radius 2 is 2.54 bits per heavy atom. The Balaban J connectivity index is 2.92. The summed E-state index contributed by atoms with van der Waals surface area (Å²) in [5, 5.41) is 11.4. The first-order valence-electron chi connectivity index (χ1n) is 3.72. The number of carbonyl (C=O) groups excluding carboxylic acids is 1. The van der Waals surface area contributed by atoms with Crippen molar-refractivity contribution in [1.82, 2.24) is 5.32 Å². The predicted octanol–water partition coefficient (Wildman–Crippen LogP) is -0.0429. The van der Waals surface area contributed by atoms with Gasteiger partial charge in [0.1, 0.15) is 23.6 Å². The van der Waals surface area contributed by atoms with Crippen molar-refractivity contribution in [1.29, 1.82) is 5.26 Å². The smallest absolute Gasteiger partial charge is 0.356 e. The molecule has 0 bridgehead atoms. The van der Waals surface area contributed by atoms with Crippen LogP contribution in [0.5, 0.6) is 0 Å². The number of esters is 1. The average molecular weight is 179 g/mol. The number of allylic oxidation sites excluding steroid dienone is 1. The van der Waals surface area contributed by atoms with Crippen LogP contribution in [0.15, 0.2) is 16.8 Å². The van der Waals surface area contributed by atoms with Crippen LogP contribution >= 0.6 is 0 Å². The van der Waals surface area contributed by atoms with Crippen LogP contribution in [0.3, 0.4) is 0 Å². The highest BCUT2D eigenvalue weighted by molar-refractivity contribution is 6.41. The molecular weight excluding hydrogens is 170 g/mol. The van der Waals surface area contributed by atoms with Gasteiger partial charge in [0.15, 0.2) is 0 Å². The van der Waals surface area contributed by atoms with E-state index in [0.717, 1.165) is 0 Å². The van der Waals surface area contributed by atoms with Gasteiger partial charge < -0.3 is 10.1 Å². The molecule has 0 fully saturated rings. The van der Waals surface area contributed by atoms with Gasteiger partial charge in [0.2, 0.25) is 0 Å². The molecule has 0 amide bonds. The van der Waals surface area contributed by atoms with Crippen molar-refractivity contribution >= 4 is 11.7 Å². The van der Waals surface area contributed by atoms with Gasteiger partial charge in [-0.25, -0.2) is 4.79 Å². The molecule has 13 heavy (non-hydrogen) atoms. The fourth-order valence-electron chi connectivity index (χ4n) is 0.962. The Labute approximate surface area is 75.7 Å². The molecule has 0 saturated carbocycles. The Morgan fingerprint density at radius 3 is 3.08 bits per heavy atom. The predicted molar refractivity (Wildman–Crippen MR) is 45.7 cm³/mol. The van der Waals surface area contributed by atoms with Gasteiger partial charge in [-0.05, 0) is 6.92 Å². The van der Waals surface area contributed by atoms with Crippen LogP contribution < -0.4 is 5.32 Å². The number of methoxy groups -OCH3 is 1. The number of nitriles is 1. The Hall–Kier alpha value is -1.83. The minimum atomic E-state index is -0.527. The van der Waals surface area contributed by atoms with Crippen LogP contribution in [0.4, 0.5) is 0 Å². The zero-order chi connectivity index (χ0) is 9.84. The van der Waals surface area contributed by atoms with Gasteiger partial charge in [-0.15, -0.1) is 0 Å². The first-order valence-corrected chi connectivity index (χ1v) is 3.72. The van der Waals surface area contributed by atoms with Crippen LogP contribution in [0.2, 0.25) is 0 Å². The summed E-state index contributed by atoms with van der Waals surface area (Å²) >= 11 is 0. The van der Waals surface area contributed by atoms with Gasteiger partial charge in [0.25, 0.3) is 0 Å². The molecule has 1 rings (SSSR count). The first kappa shape index (κ1) is 9.26. The number of rotatable bonds is 1. The van der Waals surface area contributed by atoms with E-state index in [1.54, 1.807) is 6.92 Å². The second kappa shape index (κ2) is 3.72. The molecule has 0 saturated heterocycles. The highest BCUT2D eigenvalue weighted by Gasteiger charge is 2.17. The minimum absolute atomic E-state index is 0.172. The van der Waals surface area contributed by atoms with E-state index in [2.05, 4.69) is 15.0 Å². The second-order valence-corrected chi connectivity index (χ2v) is 2.50. The van der Waals surface area contributed by atoms with E-state index in [-0.39, 0.29) is 11.9 Å². The molecule has 5 heteroatoms. The average Bonchev–Trinajstić information content (AvgIpc) is 2.15. The number of hydrogen-bond acceptors (Lipinski definition) is 5. The van der Waals surface area contributed by atoms with Gasteiger partial charge in [-0.2, -0.15) is 5.26 Å². The molecule has 5 nitrogen and oxygen atoms in total. The van der Waals surface area contributed by atoms with E-state index in [4.69, 9.17) is 5.26 Å². The third-order valence-corrected chi connectivity index (χ3v) is 1.49. The molecule has 1 atom stereocenters. The van der Waals surface area contributed by atoms with Crippen LogP contribution in [0.25, 0.3) is 0 Å². The number of hydrogen-bond donors (Lipinski definition) is 1. The summed E-state index contributed by atoms with van der Waals surface area (Å²) in [7, 11) is 1.28. The number of nitrogens with one attached hydrogen (secondary N) is 1. The highest BCUT2D eigenvalue weighted by Crippen LogP contribution is 2.03. The quantitative estimate of drug-likeness (QED) is 0.573. The van der Waals surface area contributed by atoms with E-state index < -0.39 is 5.97 Å². The molecule has 68 valence electrons. The van der Waals surface area contributed by atoms with Crippen LogP contribution in [-0.4, -0.2) is 25.0 Å². The largest absolute Gasteiger partial charge is 0.464 e. The standard InChI is InChI=1S/C8H9N3O2/c1-5-10-6(4-9)3-7(11-5)8(12)13-2/h3,5,10H,1-2H3. The SMILES string of the molecule is COC(=O)C1=NC(C)NC(C#N)=C1. The molecule has 0 radical (unpaired) electrons. The Kier molecular flexibility index (Phi) is 2.65.